The molecule has 144 valence electrons. The maximum atomic E-state index is 13.0. The van der Waals surface area contributed by atoms with Crippen LogP contribution < -0.4 is 0 Å². The summed E-state index contributed by atoms with van der Waals surface area (Å²) >= 11 is 5.98. The number of likely N-dealkylation sites (tertiary alicyclic amines) is 1. The summed E-state index contributed by atoms with van der Waals surface area (Å²) in [5.41, 5.74) is 0.784. The fraction of sp³-hybridized carbons (Fsp3) is 0.476. The van der Waals surface area contributed by atoms with Crippen LogP contribution >= 0.6 is 11.6 Å². The van der Waals surface area contributed by atoms with Crippen molar-refractivity contribution in [2.24, 2.45) is 5.92 Å². The molecule has 2 aliphatic heterocycles. The van der Waals surface area contributed by atoms with Crippen LogP contribution in [0.5, 0.6) is 0 Å². The second-order valence-corrected chi connectivity index (χ2v) is 8.36. The summed E-state index contributed by atoms with van der Waals surface area (Å²) in [6.45, 7) is 6.32. The molecule has 0 bridgehead atoms. The van der Waals surface area contributed by atoms with Gasteiger partial charge < -0.3 is 9.64 Å². The summed E-state index contributed by atoms with van der Waals surface area (Å²) < 4.78 is 5.72. The van der Waals surface area contributed by atoms with E-state index in [1.54, 1.807) is 36.9 Å². The molecule has 1 amide bonds. The van der Waals surface area contributed by atoms with E-state index in [1.165, 1.54) is 6.08 Å². The topological polar surface area (TPSA) is 63.7 Å². The molecule has 1 aromatic rings. The molecule has 1 unspecified atom stereocenters. The number of benzene rings is 1. The van der Waals surface area contributed by atoms with Crippen molar-refractivity contribution in [3.8, 4) is 0 Å². The Bertz CT molecular complexity index is 827. The predicted molar refractivity (Wildman–Crippen MR) is 103 cm³/mol. The number of aryl methyl sites for hydroxylation is 1. The van der Waals surface area contributed by atoms with Gasteiger partial charge in [-0.1, -0.05) is 11.6 Å². The van der Waals surface area contributed by atoms with Crippen LogP contribution in [0.15, 0.2) is 30.0 Å². The molecule has 1 fully saturated rings. The van der Waals surface area contributed by atoms with Crippen molar-refractivity contribution in [2.75, 3.05) is 13.1 Å². The van der Waals surface area contributed by atoms with E-state index in [0.717, 1.165) is 18.4 Å². The van der Waals surface area contributed by atoms with Gasteiger partial charge in [0.05, 0.1) is 0 Å². The van der Waals surface area contributed by atoms with Crippen LogP contribution in [0, 0.1) is 12.8 Å². The normalized spacial score (nSPS) is 22.1. The van der Waals surface area contributed by atoms with E-state index in [2.05, 4.69) is 0 Å². The molecule has 0 saturated carbocycles. The highest BCUT2D eigenvalue weighted by molar-refractivity contribution is 6.30. The first-order valence-corrected chi connectivity index (χ1v) is 9.57. The molecule has 6 heteroatoms. The van der Waals surface area contributed by atoms with Crippen LogP contribution in [-0.4, -0.2) is 41.1 Å². The van der Waals surface area contributed by atoms with E-state index < -0.39 is 5.60 Å². The number of hydrogen-bond acceptors (Lipinski definition) is 4. The molecular weight excluding hydrogens is 366 g/mol. The van der Waals surface area contributed by atoms with Gasteiger partial charge in [0.25, 0.3) is 5.91 Å². The van der Waals surface area contributed by atoms with Crippen LogP contribution in [-0.2, 0) is 14.3 Å². The SMILES string of the molecule is Cc1cc(Cl)ccc1C(=O)C1CCCN(C(=O)C2=CC(=O)CC(C)(C)O2)C1. The van der Waals surface area contributed by atoms with Crippen LogP contribution in [0.2, 0.25) is 5.02 Å². The second-order valence-electron chi connectivity index (χ2n) is 7.93. The number of hydrogen-bond donors (Lipinski definition) is 0. The Balaban J connectivity index is 1.75. The number of Topliss-reactive ketones (excluding diaryl/α,β-unsaturated/α-hetero) is 1. The van der Waals surface area contributed by atoms with Gasteiger partial charge in [0.1, 0.15) is 5.60 Å². The van der Waals surface area contributed by atoms with Gasteiger partial charge in [0.2, 0.25) is 0 Å². The van der Waals surface area contributed by atoms with Crippen molar-refractivity contribution in [3.05, 3.63) is 46.2 Å². The number of ether oxygens (including phenoxy) is 1. The minimum absolute atomic E-state index is 0.0246. The highest BCUT2D eigenvalue weighted by Crippen LogP contribution is 2.28. The third-order valence-electron chi connectivity index (χ3n) is 5.02. The minimum Gasteiger partial charge on any atom is -0.481 e. The van der Waals surface area contributed by atoms with Crippen LogP contribution in [0.1, 0.15) is 49.0 Å². The fourth-order valence-electron chi connectivity index (χ4n) is 3.74. The lowest BCUT2D eigenvalue weighted by molar-refractivity contribution is -0.139. The molecule has 1 saturated heterocycles. The number of ketones is 2. The first kappa shape index (κ1) is 19.6. The third kappa shape index (κ3) is 4.41. The predicted octanol–water partition coefficient (Wildman–Crippen LogP) is 3.72. The number of rotatable bonds is 3. The summed E-state index contributed by atoms with van der Waals surface area (Å²) in [4.78, 5) is 39.3. The summed E-state index contributed by atoms with van der Waals surface area (Å²) in [6, 6.07) is 5.23. The van der Waals surface area contributed by atoms with Crippen molar-refractivity contribution in [1.29, 1.82) is 0 Å². The van der Waals surface area contributed by atoms with Gasteiger partial charge in [0.15, 0.2) is 17.3 Å². The highest BCUT2D eigenvalue weighted by atomic mass is 35.5. The van der Waals surface area contributed by atoms with Gasteiger partial charge in [-0.3, -0.25) is 14.4 Å². The standard InChI is InChI=1S/C21H24ClNO4/c1-13-9-15(22)6-7-17(13)19(25)14-5-4-8-23(12-14)20(26)18-10-16(24)11-21(2,3)27-18/h6-7,9-10,14H,4-5,8,11-12H2,1-3H3. The molecule has 0 radical (unpaired) electrons. The molecule has 0 aliphatic carbocycles. The fourth-order valence-corrected chi connectivity index (χ4v) is 3.97. The van der Waals surface area contributed by atoms with E-state index in [-0.39, 0.29) is 35.6 Å². The second kappa shape index (κ2) is 7.47. The number of nitrogens with zero attached hydrogens (tertiary/aromatic N) is 1. The van der Waals surface area contributed by atoms with E-state index in [0.29, 0.717) is 23.7 Å². The monoisotopic (exact) mass is 389 g/mol. The molecule has 3 rings (SSSR count). The largest absolute Gasteiger partial charge is 0.481 e. The lowest BCUT2D eigenvalue weighted by Crippen LogP contribution is -2.45. The third-order valence-corrected chi connectivity index (χ3v) is 5.26. The number of halogens is 1. The van der Waals surface area contributed by atoms with Gasteiger partial charge in [-0.25, -0.2) is 0 Å². The Hall–Kier alpha value is -2.14. The van der Waals surface area contributed by atoms with Crippen molar-refractivity contribution in [3.63, 3.8) is 0 Å². The zero-order valence-corrected chi connectivity index (χ0v) is 16.6. The van der Waals surface area contributed by atoms with Gasteiger partial charge in [-0.2, -0.15) is 0 Å². The quantitative estimate of drug-likeness (QED) is 0.739. The lowest BCUT2D eigenvalue weighted by Gasteiger charge is -2.35. The number of piperidine rings is 1. The average Bonchev–Trinajstić information content (AvgIpc) is 2.59. The Kier molecular flexibility index (Phi) is 5.43. The Morgan fingerprint density at radius 2 is 2.04 bits per heavy atom. The van der Waals surface area contributed by atoms with E-state index in [4.69, 9.17) is 16.3 Å². The van der Waals surface area contributed by atoms with Crippen LogP contribution in [0.3, 0.4) is 0 Å². The van der Waals surface area contributed by atoms with Crippen molar-refractivity contribution in [1.82, 2.24) is 4.90 Å². The molecule has 1 atom stereocenters. The van der Waals surface area contributed by atoms with Crippen molar-refractivity contribution < 1.29 is 19.1 Å². The van der Waals surface area contributed by atoms with Gasteiger partial charge in [0, 0.05) is 42.1 Å². The first-order valence-electron chi connectivity index (χ1n) is 9.19. The lowest BCUT2D eigenvalue weighted by atomic mass is 9.88. The minimum atomic E-state index is -0.692. The summed E-state index contributed by atoms with van der Waals surface area (Å²) in [7, 11) is 0. The highest BCUT2D eigenvalue weighted by Gasteiger charge is 2.36. The Labute approximate surface area is 164 Å². The molecule has 5 nitrogen and oxygen atoms in total. The number of carbonyl (C=O) groups is 3. The summed E-state index contributed by atoms with van der Waals surface area (Å²) in [6.07, 6.45) is 3.00. The number of carbonyl (C=O) groups excluding carboxylic acids is 3. The maximum Gasteiger partial charge on any atom is 0.289 e. The van der Waals surface area contributed by atoms with Gasteiger partial charge in [-0.05, 0) is 57.4 Å². The summed E-state index contributed by atoms with van der Waals surface area (Å²) in [5, 5.41) is 0.596. The molecule has 2 heterocycles. The van der Waals surface area contributed by atoms with Gasteiger partial charge >= 0.3 is 0 Å². The van der Waals surface area contributed by atoms with E-state index >= 15 is 0 Å². The number of allylic oxidation sites excluding steroid dienone is 1. The van der Waals surface area contributed by atoms with E-state index in [1.807, 2.05) is 6.92 Å². The van der Waals surface area contributed by atoms with Crippen LogP contribution in [0.4, 0.5) is 0 Å². The molecule has 0 aromatic heterocycles. The molecule has 0 N–H and O–H groups in total. The smallest absolute Gasteiger partial charge is 0.289 e. The van der Waals surface area contributed by atoms with Crippen molar-refractivity contribution >= 4 is 29.1 Å². The first-order chi connectivity index (χ1) is 12.7. The zero-order chi connectivity index (χ0) is 19.8. The van der Waals surface area contributed by atoms with Crippen LogP contribution in [0.25, 0.3) is 0 Å². The number of amides is 1. The van der Waals surface area contributed by atoms with Gasteiger partial charge in [-0.15, -0.1) is 0 Å². The zero-order valence-electron chi connectivity index (χ0n) is 15.9. The Morgan fingerprint density at radius 3 is 2.70 bits per heavy atom. The molecule has 0 spiro atoms. The summed E-state index contributed by atoms with van der Waals surface area (Å²) in [5.74, 6) is -0.600. The van der Waals surface area contributed by atoms with Crippen molar-refractivity contribution in [2.45, 2.75) is 45.6 Å². The Morgan fingerprint density at radius 1 is 1.30 bits per heavy atom. The maximum absolute atomic E-state index is 13.0. The molecule has 1 aromatic carbocycles. The van der Waals surface area contributed by atoms with E-state index in [9.17, 15) is 14.4 Å². The molecular formula is C21H24ClNO4. The molecule has 2 aliphatic rings. The average molecular weight is 390 g/mol. The molecule has 27 heavy (non-hydrogen) atoms.